The molecule has 20 heavy (non-hydrogen) atoms. The van der Waals surface area contributed by atoms with Crippen molar-refractivity contribution in [3.63, 3.8) is 0 Å². The first kappa shape index (κ1) is 13.7. The molecule has 2 aromatic heterocycles. The van der Waals surface area contributed by atoms with Gasteiger partial charge in [-0.15, -0.1) is 0 Å². The Bertz CT molecular complexity index is 774. The zero-order valence-corrected chi connectivity index (χ0v) is 10.9. The molecule has 0 aromatic carbocycles. The average Bonchev–Trinajstić information content (AvgIpc) is 2.44. The van der Waals surface area contributed by atoms with Crippen LogP contribution >= 0.6 is 0 Å². The molecule has 0 aliphatic heterocycles. The minimum Gasteiger partial charge on any atom is -0.287 e. The van der Waals surface area contributed by atoms with E-state index in [1.807, 2.05) is 6.92 Å². The van der Waals surface area contributed by atoms with E-state index in [0.29, 0.717) is 24.0 Å². The van der Waals surface area contributed by atoms with E-state index in [9.17, 15) is 14.9 Å². The van der Waals surface area contributed by atoms with Crippen LogP contribution in [0.2, 0.25) is 0 Å². The van der Waals surface area contributed by atoms with Gasteiger partial charge in [0.05, 0.1) is 4.92 Å². The molecule has 0 spiro atoms. The van der Waals surface area contributed by atoms with Crippen LogP contribution in [0.5, 0.6) is 0 Å². The topological polar surface area (TPSA) is 102 Å². The minimum atomic E-state index is -0.796. The Morgan fingerprint density at radius 2 is 2.30 bits per heavy atom. The summed E-state index contributed by atoms with van der Waals surface area (Å²) in [6, 6.07) is 4.90. The molecule has 102 valence electrons. The lowest BCUT2D eigenvalue weighted by Gasteiger charge is -2.09. The van der Waals surface area contributed by atoms with Gasteiger partial charge in [-0.25, -0.2) is 4.98 Å². The number of unbranched alkanes of at least 4 members (excludes halogenated alkanes) is 1. The van der Waals surface area contributed by atoms with Crippen molar-refractivity contribution in [2.75, 3.05) is 0 Å². The Morgan fingerprint density at radius 3 is 2.90 bits per heavy atom. The van der Waals surface area contributed by atoms with Gasteiger partial charge < -0.3 is 0 Å². The molecule has 0 aliphatic carbocycles. The summed E-state index contributed by atoms with van der Waals surface area (Å²) in [7, 11) is 0. The van der Waals surface area contributed by atoms with Gasteiger partial charge in [0.15, 0.2) is 0 Å². The second-order valence-corrected chi connectivity index (χ2v) is 4.28. The van der Waals surface area contributed by atoms with Crippen molar-refractivity contribution in [3.05, 3.63) is 44.4 Å². The molecular formula is C13H12N4O3. The van der Waals surface area contributed by atoms with E-state index in [0.717, 1.165) is 6.42 Å². The number of rotatable bonds is 4. The smallest absolute Gasteiger partial charge is 0.287 e. The molecule has 0 fully saturated rings. The highest BCUT2D eigenvalue weighted by atomic mass is 16.6. The Balaban J connectivity index is 2.92. The number of nitrogens with zero attached hydrogens (tertiary/aromatic N) is 4. The lowest BCUT2D eigenvalue weighted by molar-refractivity contribution is -0.386. The molecular weight excluding hydrogens is 260 g/mol. The number of nitro groups is 1. The van der Waals surface area contributed by atoms with Crippen LogP contribution in [0, 0.1) is 21.4 Å². The monoisotopic (exact) mass is 272 g/mol. The van der Waals surface area contributed by atoms with Crippen LogP contribution in [0.4, 0.5) is 5.69 Å². The number of aromatic nitrogens is 2. The normalized spacial score (nSPS) is 10.4. The predicted molar refractivity (Wildman–Crippen MR) is 72.3 cm³/mol. The van der Waals surface area contributed by atoms with Crippen LogP contribution < -0.4 is 5.56 Å². The number of nitriles is 1. The lowest BCUT2D eigenvalue weighted by atomic mass is 10.1. The van der Waals surface area contributed by atoms with E-state index < -0.39 is 16.2 Å². The Kier molecular flexibility index (Phi) is 3.75. The van der Waals surface area contributed by atoms with Gasteiger partial charge >= 0.3 is 11.2 Å². The fourth-order valence-corrected chi connectivity index (χ4v) is 2.07. The van der Waals surface area contributed by atoms with Gasteiger partial charge in [-0.2, -0.15) is 5.26 Å². The summed E-state index contributed by atoms with van der Waals surface area (Å²) in [6.07, 6.45) is 3.04. The maximum absolute atomic E-state index is 12.2. The molecule has 7 nitrogen and oxygen atoms in total. The van der Waals surface area contributed by atoms with Gasteiger partial charge in [-0.3, -0.25) is 19.5 Å². The van der Waals surface area contributed by atoms with Crippen molar-refractivity contribution in [1.82, 2.24) is 9.55 Å². The molecule has 0 radical (unpaired) electrons. The van der Waals surface area contributed by atoms with E-state index in [1.165, 1.54) is 10.8 Å². The quantitative estimate of drug-likeness (QED) is 0.625. The van der Waals surface area contributed by atoms with Gasteiger partial charge in [-0.1, -0.05) is 13.3 Å². The van der Waals surface area contributed by atoms with Crippen LogP contribution in [0.15, 0.2) is 23.1 Å². The third-order valence-corrected chi connectivity index (χ3v) is 3.03. The highest BCUT2D eigenvalue weighted by Crippen LogP contribution is 2.22. The Morgan fingerprint density at radius 1 is 1.55 bits per heavy atom. The molecule has 2 rings (SSSR count). The SMILES string of the molecule is CCCCn1c(=O)c([N+](=O)[O-])c(C#N)c2cccnc21. The van der Waals surface area contributed by atoms with Crippen molar-refractivity contribution in [2.45, 2.75) is 26.3 Å². The van der Waals surface area contributed by atoms with Gasteiger partial charge in [-0.05, 0) is 18.6 Å². The zero-order valence-electron chi connectivity index (χ0n) is 10.9. The summed E-state index contributed by atoms with van der Waals surface area (Å²) < 4.78 is 1.28. The van der Waals surface area contributed by atoms with Crippen molar-refractivity contribution in [1.29, 1.82) is 5.26 Å². The van der Waals surface area contributed by atoms with E-state index >= 15 is 0 Å². The molecule has 0 atom stereocenters. The Hall–Kier alpha value is -2.75. The first-order chi connectivity index (χ1) is 9.61. The fourth-order valence-electron chi connectivity index (χ4n) is 2.07. The highest BCUT2D eigenvalue weighted by Gasteiger charge is 2.25. The second-order valence-electron chi connectivity index (χ2n) is 4.28. The summed E-state index contributed by atoms with van der Waals surface area (Å²) in [4.78, 5) is 26.6. The molecule has 0 amide bonds. The number of pyridine rings is 2. The van der Waals surface area contributed by atoms with Crippen LogP contribution in [-0.2, 0) is 6.54 Å². The van der Waals surface area contributed by atoms with Gasteiger partial charge in [0, 0.05) is 18.1 Å². The molecule has 0 N–H and O–H groups in total. The molecule has 0 saturated carbocycles. The number of fused-ring (bicyclic) bond motifs is 1. The maximum Gasteiger partial charge on any atom is 0.352 e. The minimum absolute atomic E-state index is 0.226. The van der Waals surface area contributed by atoms with E-state index in [4.69, 9.17) is 5.26 Å². The van der Waals surface area contributed by atoms with Crippen molar-refractivity contribution in [3.8, 4) is 6.07 Å². The van der Waals surface area contributed by atoms with Crippen molar-refractivity contribution < 1.29 is 4.92 Å². The van der Waals surface area contributed by atoms with E-state index in [2.05, 4.69) is 4.98 Å². The number of hydrogen-bond acceptors (Lipinski definition) is 5. The van der Waals surface area contributed by atoms with E-state index in [-0.39, 0.29) is 5.56 Å². The van der Waals surface area contributed by atoms with Gasteiger partial charge in [0.2, 0.25) is 0 Å². The molecule has 0 bridgehead atoms. The van der Waals surface area contributed by atoms with Gasteiger partial charge in [0.25, 0.3) is 0 Å². The largest absolute Gasteiger partial charge is 0.352 e. The molecule has 0 aliphatic rings. The molecule has 7 heteroatoms. The van der Waals surface area contributed by atoms with Crippen molar-refractivity contribution >= 4 is 16.7 Å². The summed E-state index contributed by atoms with van der Waals surface area (Å²) in [6.45, 7) is 2.30. The first-order valence-corrected chi connectivity index (χ1v) is 6.17. The highest BCUT2D eigenvalue weighted by molar-refractivity contribution is 5.85. The van der Waals surface area contributed by atoms with Crippen LogP contribution in [0.1, 0.15) is 25.3 Å². The van der Waals surface area contributed by atoms with E-state index in [1.54, 1.807) is 18.2 Å². The molecule has 0 unspecified atom stereocenters. The molecule has 0 saturated heterocycles. The first-order valence-electron chi connectivity index (χ1n) is 6.17. The third-order valence-electron chi connectivity index (χ3n) is 3.03. The van der Waals surface area contributed by atoms with Crippen LogP contribution in [0.25, 0.3) is 11.0 Å². The summed E-state index contributed by atoms with van der Waals surface area (Å²) in [5.74, 6) is 0. The maximum atomic E-state index is 12.2. The third kappa shape index (κ3) is 2.12. The number of hydrogen-bond donors (Lipinski definition) is 0. The second kappa shape index (κ2) is 5.48. The molecule has 2 aromatic rings. The lowest BCUT2D eigenvalue weighted by Crippen LogP contribution is -2.25. The summed E-state index contributed by atoms with van der Waals surface area (Å²) in [5.41, 5.74) is -1.36. The predicted octanol–water partition coefficient (Wildman–Crippen LogP) is 1.98. The standard InChI is InChI=1S/C13H12N4O3/c1-2-3-7-16-12-9(5-4-6-15-12)10(8-14)11(13(16)18)17(19)20/h4-6H,2-3,7H2,1H3. The number of aryl methyl sites for hydroxylation is 1. The van der Waals surface area contributed by atoms with Crippen molar-refractivity contribution in [2.24, 2.45) is 0 Å². The summed E-state index contributed by atoms with van der Waals surface area (Å²) in [5, 5.41) is 20.5. The fraction of sp³-hybridized carbons (Fsp3) is 0.308. The zero-order chi connectivity index (χ0) is 14.7. The van der Waals surface area contributed by atoms with Gasteiger partial charge in [0.1, 0.15) is 17.3 Å². The van der Waals surface area contributed by atoms with Crippen LogP contribution in [-0.4, -0.2) is 14.5 Å². The molecule has 2 heterocycles. The average molecular weight is 272 g/mol. The van der Waals surface area contributed by atoms with Crippen LogP contribution in [0.3, 0.4) is 0 Å². The summed E-state index contributed by atoms with van der Waals surface area (Å²) >= 11 is 0. The Labute approximate surface area is 114 Å².